The Morgan fingerprint density at radius 1 is 1.11 bits per heavy atom. The van der Waals surface area contributed by atoms with Crippen LogP contribution in [0.3, 0.4) is 0 Å². The van der Waals surface area contributed by atoms with Gasteiger partial charge in [0.05, 0.1) is 12.7 Å². The van der Waals surface area contributed by atoms with Crippen molar-refractivity contribution < 1.29 is 18.7 Å². The quantitative estimate of drug-likeness (QED) is 0.548. The number of hydrogen-bond donors (Lipinski definition) is 1. The third-order valence-corrected chi connectivity index (χ3v) is 4.39. The lowest BCUT2D eigenvalue weighted by Gasteiger charge is -2.28. The molecule has 140 valence electrons. The first kappa shape index (κ1) is 17.5. The number of nitrogens with one attached hydrogen (secondary N) is 1. The summed E-state index contributed by atoms with van der Waals surface area (Å²) in [6.45, 7) is 0. The van der Waals surface area contributed by atoms with Gasteiger partial charge in [-0.2, -0.15) is 4.68 Å². The first-order chi connectivity index (χ1) is 13.6. The van der Waals surface area contributed by atoms with Crippen molar-refractivity contribution in [3.05, 3.63) is 82.8 Å². The standard InChI is InChI=1S/C19H14FN5O3/c1-28-18(27)15-14(17(26)11-7-3-2-4-8-11)16(12-9-5-6-10-13(12)20)25-19(21-15)22-23-24-25/h2-10,16H,1H3,(H,21,22,24)/t16-/m0/s1. The lowest BCUT2D eigenvalue weighted by Crippen LogP contribution is -2.33. The molecule has 4 rings (SSSR count). The van der Waals surface area contributed by atoms with Crippen LogP contribution in [0.5, 0.6) is 0 Å². The molecule has 1 aliphatic heterocycles. The minimum Gasteiger partial charge on any atom is -0.464 e. The van der Waals surface area contributed by atoms with Gasteiger partial charge in [-0.15, -0.1) is 0 Å². The number of Topliss-reactive ketones (excluding diaryl/α,β-unsaturated/α-hetero) is 1. The highest BCUT2D eigenvalue weighted by molar-refractivity contribution is 6.14. The van der Waals surface area contributed by atoms with Gasteiger partial charge in [0.1, 0.15) is 17.6 Å². The summed E-state index contributed by atoms with van der Waals surface area (Å²) in [4.78, 5) is 25.8. The molecule has 3 aromatic rings. The number of rotatable bonds is 4. The van der Waals surface area contributed by atoms with Gasteiger partial charge in [-0.05, 0) is 16.5 Å². The number of benzene rings is 2. The van der Waals surface area contributed by atoms with E-state index in [0.717, 1.165) is 0 Å². The molecule has 9 heteroatoms. The van der Waals surface area contributed by atoms with E-state index < -0.39 is 23.6 Å². The molecule has 0 unspecified atom stereocenters. The summed E-state index contributed by atoms with van der Waals surface area (Å²) < 4.78 is 20.8. The Labute approximate surface area is 158 Å². The molecule has 1 N–H and O–H groups in total. The SMILES string of the molecule is COC(=O)C1=C(C(=O)c2ccccc2)[C@H](c2ccccc2F)n2nnnc2N1. The van der Waals surface area contributed by atoms with Gasteiger partial charge in [0.2, 0.25) is 5.95 Å². The third kappa shape index (κ3) is 2.82. The van der Waals surface area contributed by atoms with E-state index in [0.29, 0.717) is 5.56 Å². The summed E-state index contributed by atoms with van der Waals surface area (Å²) in [5.74, 6) is -1.71. The topological polar surface area (TPSA) is 99.0 Å². The van der Waals surface area contributed by atoms with E-state index >= 15 is 0 Å². The van der Waals surface area contributed by atoms with Crippen LogP contribution >= 0.6 is 0 Å². The molecule has 0 saturated carbocycles. The van der Waals surface area contributed by atoms with Crippen LogP contribution in [0.1, 0.15) is 22.0 Å². The van der Waals surface area contributed by atoms with Gasteiger partial charge >= 0.3 is 5.97 Å². The molecule has 2 aromatic carbocycles. The number of carbonyl (C=O) groups is 2. The van der Waals surface area contributed by atoms with Crippen molar-refractivity contribution >= 4 is 17.7 Å². The predicted molar refractivity (Wildman–Crippen MR) is 95.8 cm³/mol. The number of allylic oxidation sites excluding steroid dienone is 1. The number of hydrogen-bond acceptors (Lipinski definition) is 7. The van der Waals surface area contributed by atoms with Crippen molar-refractivity contribution in [2.75, 3.05) is 12.4 Å². The smallest absolute Gasteiger partial charge is 0.355 e. The van der Waals surface area contributed by atoms with E-state index in [4.69, 9.17) is 4.74 Å². The summed E-state index contributed by atoms with van der Waals surface area (Å²) in [7, 11) is 1.19. The van der Waals surface area contributed by atoms with Gasteiger partial charge in [-0.1, -0.05) is 53.6 Å². The van der Waals surface area contributed by atoms with Crippen molar-refractivity contribution in [1.29, 1.82) is 0 Å². The molecule has 1 aromatic heterocycles. The number of anilines is 1. The van der Waals surface area contributed by atoms with E-state index in [2.05, 4.69) is 20.8 Å². The normalized spacial score (nSPS) is 15.6. The highest BCUT2D eigenvalue weighted by Gasteiger charge is 2.39. The average molecular weight is 379 g/mol. The molecule has 0 fully saturated rings. The number of esters is 1. The third-order valence-electron chi connectivity index (χ3n) is 4.39. The summed E-state index contributed by atoms with van der Waals surface area (Å²) in [6, 6.07) is 13.3. The van der Waals surface area contributed by atoms with E-state index in [1.54, 1.807) is 36.4 Å². The molecule has 1 aliphatic rings. The van der Waals surface area contributed by atoms with Crippen molar-refractivity contribution in [3.8, 4) is 0 Å². The van der Waals surface area contributed by atoms with Crippen molar-refractivity contribution in [2.45, 2.75) is 6.04 Å². The van der Waals surface area contributed by atoms with Crippen LogP contribution < -0.4 is 5.32 Å². The van der Waals surface area contributed by atoms with E-state index in [-0.39, 0.29) is 22.8 Å². The maximum atomic E-state index is 14.7. The van der Waals surface area contributed by atoms with Gasteiger partial charge in [0.15, 0.2) is 5.78 Å². The minimum absolute atomic E-state index is 0.0112. The van der Waals surface area contributed by atoms with Gasteiger partial charge in [0, 0.05) is 11.1 Å². The van der Waals surface area contributed by atoms with Gasteiger partial charge in [-0.3, -0.25) is 4.79 Å². The van der Waals surface area contributed by atoms with Gasteiger partial charge in [-0.25, -0.2) is 9.18 Å². The first-order valence-corrected chi connectivity index (χ1v) is 8.33. The Morgan fingerprint density at radius 3 is 2.54 bits per heavy atom. The van der Waals surface area contributed by atoms with Gasteiger partial charge in [0.25, 0.3) is 0 Å². The molecule has 0 aliphatic carbocycles. The first-order valence-electron chi connectivity index (χ1n) is 8.33. The number of tetrazole rings is 1. The van der Waals surface area contributed by atoms with Crippen LogP contribution in [0.25, 0.3) is 0 Å². The lowest BCUT2D eigenvalue weighted by molar-refractivity contribution is -0.136. The number of halogens is 1. The van der Waals surface area contributed by atoms with Crippen LogP contribution in [0.15, 0.2) is 65.9 Å². The maximum Gasteiger partial charge on any atom is 0.355 e. The Balaban J connectivity index is 1.99. The molecule has 0 saturated heterocycles. The van der Waals surface area contributed by atoms with Crippen LogP contribution in [0, 0.1) is 5.82 Å². The van der Waals surface area contributed by atoms with Crippen molar-refractivity contribution in [1.82, 2.24) is 20.2 Å². The molecule has 28 heavy (non-hydrogen) atoms. The Morgan fingerprint density at radius 2 is 1.82 bits per heavy atom. The number of carbonyl (C=O) groups excluding carboxylic acids is 2. The Kier molecular flexibility index (Phi) is 4.40. The second-order valence-corrected chi connectivity index (χ2v) is 5.97. The molecule has 1 atom stereocenters. The molecule has 0 radical (unpaired) electrons. The Bertz CT molecular complexity index is 1090. The van der Waals surface area contributed by atoms with Crippen LogP contribution in [0.2, 0.25) is 0 Å². The fraction of sp³-hybridized carbons (Fsp3) is 0.105. The fourth-order valence-corrected chi connectivity index (χ4v) is 3.12. The van der Waals surface area contributed by atoms with Crippen molar-refractivity contribution in [2.24, 2.45) is 0 Å². The predicted octanol–water partition coefficient (Wildman–Crippen LogP) is 2.14. The second kappa shape index (κ2) is 7.03. The van der Waals surface area contributed by atoms with Crippen LogP contribution in [0.4, 0.5) is 10.3 Å². The maximum absolute atomic E-state index is 14.7. The molecule has 0 amide bonds. The van der Waals surface area contributed by atoms with Gasteiger partial charge < -0.3 is 10.1 Å². The number of ketones is 1. The summed E-state index contributed by atoms with van der Waals surface area (Å²) in [6.07, 6.45) is 0. The fourth-order valence-electron chi connectivity index (χ4n) is 3.12. The molecule has 0 bridgehead atoms. The second-order valence-electron chi connectivity index (χ2n) is 5.97. The number of methoxy groups -OCH3 is 1. The summed E-state index contributed by atoms with van der Waals surface area (Å²) in [5.41, 5.74) is 0.339. The van der Waals surface area contributed by atoms with Crippen molar-refractivity contribution in [3.63, 3.8) is 0 Å². The van der Waals surface area contributed by atoms with E-state index in [1.807, 2.05) is 0 Å². The number of fused-ring (bicyclic) bond motifs is 1. The Hall–Kier alpha value is -3.88. The van der Waals surface area contributed by atoms with Crippen LogP contribution in [-0.4, -0.2) is 39.1 Å². The highest BCUT2D eigenvalue weighted by Crippen LogP contribution is 2.37. The number of aromatic nitrogens is 4. The number of nitrogens with zero attached hydrogens (tertiary/aromatic N) is 4. The number of ether oxygens (including phenoxy) is 1. The zero-order chi connectivity index (χ0) is 19.7. The highest BCUT2D eigenvalue weighted by atomic mass is 19.1. The molecule has 8 nitrogen and oxygen atoms in total. The van der Waals surface area contributed by atoms with Crippen LogP contribution in [-0.2, 0) is 9.53 Å². The summed E-state index contributed by atoms with van der Waals surface area (Å²) >= 11 is 0. The molecular weight excluding hydrogens is 365 g/mol. The molecule has 2 heterocycles. The molecular formula is C19H14FN5O3. The van der Waals surface area contributed by atoms with E-state index in [9.17, 15) is 14.0 Å². The largest absolute Gasteiger partial charge is 0.464 e. The molecule has 0 spiro atoms. The summed E-state index contributed by atoms with van der Waals surface area (Å²) in [5, 5.41) is 14.0. The average Bonchev–Trinajstić information content (AvgIpc) is 3.21. The zero-order valence-electron chi connectivity index (χ0n) is 14.7. The monoisotopic (exact) mass is 379 g/mol. The van der Waals surface area contributed by atoms with E-state index in [1.165, 1.54) is 30.0 Å². The minimum atomic E-state index is -1.05. The lowest BCUT2D eigenvalue weighted by atomic mass is 9.89. The zero-order valence-corrected chi connectivity index (χ0v) is 14.7.